The smallest absolute Gasteiger partial charge is 0.0451 e. The fraction of sp³-hybridized carbons (Fsp3) is 0.250. The molecule has 1 aliphatic heterocycles. The summed E-state index contributed by atoms with van der Waals surface area (Å²) in [7, 11) is 0. The number of anilines is 2. The van der Waals surface area contributed by atoms with Crippen LogP contribution in [-0.4, -0.2) is 6.54 Å². The highest BCUT2D eigenvalue weighted by Crippen LogP contribution is 2.35. The number of fused-ring (bicyclic) bond motifs is 1. The van der Waals surface area contributed by atoms with E-state index in [0.29, 0.717) is 0 Å². The lowest BCUT2D eigenvalue weighted by Gasteiger charge is -2.32. The Balaban J connectivity index is 2.08. The van der Waals surface area contributed by atoms with Crippen LogP contribution in [0.2, 0.25) is 0 Å². The molecule has 2 heteroatoms. The molecule has 2 aromatic carbocycles. The number of hydrogen-bond donors (Lipinski definition) is 0. The van der Waals surface area contributed by atoms with Gasteiger partial charge in [0, 0.05) is 23.2 Å². The molecule has 0 aliphatic carbocycles. The molecule has 0 bridgehead atoms. The number of halogens is 1. The molecular formula is C16H16BrN. The van der Waals surface area contributed by atoms with Gasteiger partial charge in [-0.1, -0.05) is 52.3 Å². The van der Waals surface area contributed by atoms with Gasteiger partial charge >= 0.3 is 0 Å². The van der Waals surface area contributed by atoms with Crippen molar-refractivity contribution < 1.29 is 0 Å². The zero-order chi connectivity index (χ0) is 12.4. The Morgan fingerprint density at radius 1 is 0.944 bits per heavy atom. The molecule has 0 saturated carbocycles. The minimum atomic E-state index is 0.905. The van der Waals surface area contributed by atoms with E-state index >= 15 is 0 Å². The molecule has 0 spiro atoms. The first-order valence-electron chi connectivity index (χ1n) is 6.39. The van der Waals surface area contributed by atoms with Crippen LogP contribution in [-0.2, 0) is 11.8 Å². The predicted molar refractivity (Wildman–Crippen MR) is 80.8 cm³/mol. The normalized spacial score (nSPS) is 14.4. The van der Waals surface area contributed by atoms with Crippen molar-refractivity contribution in [1.82, 2.24) is 0 Å². The Kier molecular flexibility index (Phi) is 3.37. The third-order valence-corrected chi connectivity index (χ3v) is 4.14. The Labute approximate surface area is 117 Å². The number of benzene rings is 2. The maximum atomic E-state index is 3.59. The first kappa shape index (κ1) is 11.8. The minimum Gasteiger partial charge on any atom is -0.341 e. The summed E-state index contributed by atoms with van der Waals surface area (Å²) in [5.41, 5.74) is 5.53. The summed E-state index contributed by atoms with van der Waals surface area (Å²) in [6, 6.07) is 17.4. The van der Waals surface area contributed by atoms with Crippen LogP contribution in [0.3, 0.4) is 0 Å². The van der Waals surface area contributed by atoms with Crippen LogP contribution in [0.4, 0.5) is 11.4 Å². The Morgan fingerprint density at radius 3 is 2.50 bits per heavy atom. The number of para-hydroxylation sites is 2. The summed E-state index contributed by atoms with van der Waals surface area (Å²) >= 11 is 3.59. The first-order valence-corrected chi connectivity index (χ1v) is 7.51. The number of aryl methyl sites for hydroxylation is 1. The molecule has 0 radical (unpaired) electrons. The van der Waals surface area contributed by atoms with Crippen molar-refractivity contribution in [3.8, 4) is 0 Å². The number of rotatable bonds is 2. The molecule has 2 aromatic rings. The minimum absolute atomic E-state index is 0.905. The molecule has 18 heavy (non-hydrogen) atoms. The monoisotopic (exact) mass is 301 g/mol. The average molecular weight is 302 g/mol. The van der Waals surface area contributed by atoms with Gasteiger partial charge in [-0.25, -0.2) is 0 Å². The zero-order valence-corrected chi connectivity index (χ0v) is 11.9. The van der Waals surface area contributed by atoms with Crippen molar-refractivity contribution in [1.29, 1.82) is 0 Å². The summed E-state index contributed by atoms with van der Waals surface area (Å²) < 4.78 is 0. The Morgan fingerprint density at radius 2 is 1.67 bits per heavy atom. The summed E-state index contributed by atoms with van der Waals surface area (Å²) in [5.74, 6) is 0. The van der Waals surface area contributed by atoms with E-state index in [-0.39, 0.29) is 0 Å². The molecule has 3 rings (SSSR count). The van der Waals surface area contributed by atoms with Crippen molar-refractivity contribution in [3.63, 3.8) is 0 Å². The van der Waals surface area contributed by atoms with Crippen molar-refractivity contribution >= 4 is 27.3 Å². The highest BCUT2D eigenvalue weighted by atomic mass is 79.9. The van der Waals surface area contributed by atoms with Crippen LogP contribution < -0.4 is 4.90 Å². The van der Waals surface area contributed by atoms with E-state index in [1.165, 1.54) is 35.3 Å². The fourth-order valence-corrected chi connectivity index (χ4v) is 3.15. The third-order valence-electron chi connectivity index (χ3n) is 3.54. The Hall–Kier alpha value is -1.28. The van der Waals surface area contributed by atoms with Crippen molar-refractivity contribution in [2.45, 2.75) is 18.2 Å². The van der Waals surface area contributed by atoms with E-state index < -0.39 is 0 Å². The second-order valence-electron chi connectivity index (χ2n) is 4.65. The molecule has 92 valence electrons. The van der Waals surface area contributed by atoms with Crippen LogP contribution in [0, 0.1) is 0 Å². The van der Waals surface area contributed by atoms with Gasteiger partial charge in [0.2, 0.25) is 0 Å². The molecule has 0 fully saturated rings. The van der Waals surface area contributed by atoms with Gasteiger partial charge in [-0.15, -0.1) is 0 Å². The number of alkyl halides is 1. The second kappa shape index (κ2) is 5.15. The van der Waals surface area contributed by atoms with Gasteiger partial charge in [0.05, 0.1) is 0 Å². The van der Waals surface area contributed by atoms with Gasteiger partial charge in [-0.2, -0.15) is 0 Å². The molecule has 0 aromatic heterocycles. The molecule has 0 amide bonds. The van der Waals surface area contributed by atoms with Crippen LogP contribution in [0.25, 0.3) is 0 Å². The first-order chi connectivity index (χ1) is 8.90. The maximum Gasteiger partial charge on any atom is 0.0451 e. The van der Waals surface area contributed by atoms with Gasteiger partial charge in [0.1, 0.15) is 0 Å². The van der Waals surface area contributed by atoms with Gasteiger partial charge in [0.15, 0.2) is 0 Å². The maximum absolute atomic E-state index is 3.59. The van der Waals surface area contributed by atoms with E-state index in [9.17, 15) is 0 Å². The largest absolute Gasteiger partial charge is 0.341 e. The second-order valence-corrected chi connectivity index (χ2v) is 5.21. The molecular weight excluding hydrogens is 286 g/mol. The molecule has 0 N–H and O–H groups in total. The standard InChI is InChI=1S/C16H16BrN/c17-12-14-7-2-4-10-16(14)18-11-5-8-13-6-1-3-9-15(13)18/h1-4,6-7,9-10H,5,8,11-12H2. The van der Waals surface area contributed by atoms with Gasteiger partial charge in [-0.3, -0.25) is 0 Å². The lowest BCUT2D eigenvalue weighted by molar-refractivity contribution is 0.765. The van der Waals surface area contributed by atoms with Crippen LogP contribution in [0.5, 0.6) is 0 Å². The van der Waals surface area contributed by atoms with Gasteiger partial charge < -0.3 is 4.90 Å². The average Bonchev–Trinajstić information content (AvgIpc) is 2.46. The fourth-order valence-electron chi connectivity index (χ4n) is 2.67. The predicted octanol–water partition coefficient (Wildman–Crippen LogP) is 4.67. The summed E-state index contributed by atoms with van der Waals surface area (Å²) in [6.45, 7) is 1.11. The molecule has 0 atom stereocenters. The Bertz CT molecular complexity index is 550. The molecule has 0 unspecified atom stereocenters. The summed E-state index contributed by atoms with van der Waals surface area (Å²) in [5, 5.41) is 0.905. The highest BCUT2D eigenvalue weighted by Gasteiger charge is 2.19. The van der Waals surface area contributed by atoms with Crippen molar-refractivity contribution in [3.05, 3.63) is 59.7 Å². The van der Waals surface area contributed by atoms with Crippen LogP contribution in [0.1, 0.15) is 17.5 Å². The lowest BCUT2D eigenvalue weighted by atomic mass is 10.0. The zero-order valence-electron chi connectivity index (χ0n) is 10.3. The van der Waals surface area contributed by atoms with E-state index in [2.05, 4.69) is 69.4 Å². The molecule has 1 heterocycles. The lowest BCUT2D eigenvalue weighted by Crippen LogP contribution is -2.25. The SMILES string of the molecule is BrCc1ccccc1N1CCCc2ccccc21. The topological polar surface area (TPSA) is 3.24 Å². The van der Waals surface area contributed by atoms with Crippen molar-refractivity contribution in [2.75, 3.05) is 11.4 Å². The quantitative estimate of drug-likeness (QED) is 0.729. The molecule has 0 saturated heterocycles. The summed E-state index contributed by atoms with van der Waals surface area (Å²) in [4.78, 5) is 2.45. The van der Waals surface area contributed by atoms with E-state index in [1.807, 2.05) is 0 Å². The molecule has 1 aliphatic rings. The van der Waals surface area contributed by atoms with Gasteiger partial charge in [-0.05, 0) is 36.1 Å². The number of nitrogens with zero attached hydrogens (tertiary/aromatic N) is 1. The van der Waals surface area contributed by atoms with Crippen molar-refractivity contribution in [2.24, 2.45) is 0 Å². The van der Waals surface area contributed by atoms with E-state index in [4.69, 9.17) is 0 Å². The summed E-state index contributed by atoms with van der Waals surface area (Å²) in [6.07, 6.45) is 2.43. The highest BCUT2D eigenvalue weighted by molar-refractivity contribution is 9.08. The van der Waals surface area contributed by atoms with Crippen LogP contribution >= 0.6 is 15.9 Å². The molecule has 1 nitrogen and oxygen atoms in total. The number of hydrogen-bond acceptors (Lipinski definition) is 1. The van der Waals surface area contributed by atoms with E-state index in [0.717, 1.165) is 11.9 Å². The van der Waals surface area contributed by atoms with Crippen LogP contribution in [0.15, 0.2) is 48.5 Å². The van der Waals surface area contributed by atoms with Gasteiger partial charge in [0.25, 0.3) is 0 Å². The third kappa shape index (κ3) is 2.05. The van der Waals surface area contributed by atoms with E-state index in [1.54, 1.807) is 0 Å².